The van der Waals surface area contributed by atoms with Crippen molar-refractivity contribution in [2.75, 3.05) is 24.5 Å². The standard InChI is InChI=1S/C15H23ClN2O.ClH/c1-5-18(15(19)10-17-9-11(2)3)13-7-6-12(4)14(16)8-13;/h6-8,11,17H,5,9-10H2,1-4H3;1H. The van der Waals surface area contributed by atoms with Gasteiger partial charge in [-0.25, -0.2) is 0 Å². The lowest BCUT2D eigenvalue weighted by atomic mass is 10.2. The zero-order valence-corrected chi connectivity index (χ0v) is 14.1. The predicted molar refractivity (Wildman–Crippen MR) is 89.2 cm³/mol. The lowest BCUT2D eigenvalue weighted by Crippen LogP contribution is -2.39. The van der Waals surface area contributed by atoms with Crippen molar-refractivity contribution >= 4 is 35.6 Å². The first-order valence-corrected chi connectivity index (χ1v) is 7.10. The third kappa shape index (κ3) is 5.70. The van der Waals surface area contributed by atoms with Crippen LogP contribution in [0.5, 0.6) is 0 Å². The fraction of sp³-hybridized carbons (Fsp3) is 0.533. The van der Waals surface area contributed by atoms with Crippen LogP contribution in [0.4, 0.5) is 5.69 Å². The number of likely N-dealkylation sites (N-methyl/N-ethyl adjacent to an activating group) is 1. The van der Waals surface area contributed by atoms with Crippen molar-refractivity contribution in [1.29, 1.82) is 0 Å². The molecule has 0 radical (unpaired) electrons. The van der Waals surface area contributed by atoms with Crippen molar-refractivity contribution < 1.29 is 4.79 Å². The molecular formula is C15H24Cl2N2O. The van der Waals surface area contributed by atoms with Crippen molar-refractivity contribution in [1.82, 2.24) is 5.32 Å². The zero-order valence-electron chi connectivity index (χ0n) is 12.6. The van der Waals surface area contributed by atoms with Gasteiger partial charge in [-0.15, -0.1) is 12.4 Å². The van der Waals surface area contributed by atoms with Crippen molar-refractivity contribution in [3.05, 3.63) is 28.8 Å². The minimum Gasteiger partial charge on any atom is -0.312 e. The summed E-state index contributed by atoms with van der Waals surface area (Å²) in [5.74, 6) is 0.611. The van der Waals surface area contributed by atoms with E-state index < -0.39 is 0 Å². The van der Waals surface area contributed by atoms with Crippen LogP contribution in [0, 0.1) is 12.8 Å². The van der Waals surface area contributed by atoms with Gasteiger partial charge in [0.15, 0.2) is 0 Å². The summed E-state index contributed by atoms with van der Waals surface area (Å²) in [6.45, 7) is 10.0. The number of nitrogens with one attached hydrogen (secondary N) is 1. The summed E-state index contributed by atoms with van der Waals surface area (Å²) in [5, 5.41) is 3.86. The van der Waals surface area contributed by atoms with E-state index in [4.69, 9.17) is 11.6 Å². The Bertz CT molecular complexity index is 436. The second kappa shape index (κ2) is 9.22. The molecule has 0 fully saturated rings. The Kier molecular flexibility index (Phi) is 8.86. The second-order valence-electron chi connectivity index (χ2n) is 5.10. The molecule has 0 aliphatic rings. The fourth-order valence-corrected chi connectivity index (χ4v) is 1.99. The Morgan fingerprint density at radius 1 is 1.40 bits per heavy atom. The number of hydrogen-bond donors (Lipinski definition) is 1. The van der Waals surface area contributed by atoms with Crippen LogP contribution in [-0.4, -0.2) is 25.5 Å². The van der Waals surface area contributed by atoms with Crippen molar-refractivity contribution in [3.63, 3.8) is 0 Å². The highest BCUT2D eigenvalue weighted by atomic mass is 35.5. The fourth-order valence-electron chi connectivity index (χ4n) is 1.82. The molecule has 0 spiro atoms. The Labute approximate surface area is 133 Å². The lowest BCUT2D eigenvalue weighted by molar-refractivity contribution is -0.117. The van der Waals surface area contributed by atoms with Gasteiger partial charge in [-0.3, -0.25) is 4.79 Å². The number of rotatable bonds is 6. The van der Waals surface area contributed by atoms with Crippen molar-refractivity contribution in [3.8, 4) is 0 Å². The van der Waals surface area contributed by atoms with Gasteiger partial charge < -0.3 is 10.2 Å². The van der Waals surface area contributed by atoms with Gasteiger partial charge in [0, 0.05) is 17.3 Å². The Morgan fingerprint density at radius 3 is 2.55 bits per heavy atom. The molecule has 3 nitrogen and oxygen atoms in total. The first kappa shape index (κ1) is 19.2. The minimum atomic E-state index is 0. The highest BCUT2D eigenvalue weighted by molar-refractivity contribution is 6.31. The average Bonchev–Trinajstić information content (AvgIpc) is 2.34. The molecule has 1 rings (SSSR count). The third-order valence-electron chi connectivity index (χ3n) is 2.91. The number of nitrogens with zero attached hydrogens (tertiary/aromatic N) is 1. The zero-order chi connectivity index (χ0) is 14.4. The van der Waals surface area contributed by atoms with Gasteiger partial charge in [0.1, 0.15) is 0 Å². The van der Waals surface area contributed by atoms with E-state index in [1.54, 1.807) is 4.90 Å². The third-order valence-corrected chi connectivity index (χ3v) is 3.32. The quantitative estimate of drug-likeness (QED) is 0.868. The Morgan fingerprint density at radius 2 is 2.05 bits per heavy atom. The maximum absolute atomic E-state index is 12.2. The van der Waals surface area contributed by atoms with Gasteiger partial charge in [0.2, 0.25) is 5.91 Å². The molecule has 20 heavy (non-hydrogen) atoms. The Hall–Kier alpha value is -0.770. The van der Waals surface area contributed by atoms with E-state index in [9.17, 15) is 4.79 Å². The van der Waals surface area contributed by atoms with Crippen LogP contribution in [0.15, 0.2) is 18.2 Å². The maximum atomic E-state index is 12.2. The maximum Gasteiger partial charge on any atom is 0.240 e. The highest BCUT2D eigenvalue weighted by Crippen LogP contribution is 2.23. The predicted octanol–water partition coefficient (Wildman–Crippen LogP) is 3.67. The molecule has 1 aromatic carbocycles. The van der Waals surface area contributed by atoms with E-state index in [1.807, 2.05) is 32.0 Å². The summed E-state index contributed by atoms with van der Waals surface area (Å²) in [6.07, 6.45) is 0. The summed E-state index contributed by atoms with van der Waals surface area (Å²) in [6, 6.07) is 5.72. The molecule has 1 N–H and O–H groups in total. The number of amides is 1. The number of carbonyl (C=O) groups is 1. The number of hydrogen-bond acceptors (Lipinski definition) is 2. The molecule has 0 saturated heterocycles. The van der Waals surface area contributed by atoms with Crippen molar-refractivity contribution in [2.24, 2.45) is 5.92 Å². The van der Waals surface area contributed by atoms with Gasteiger partial charge in [-0.1, -0.05) is 31.5 Å². The highest BCUT2D eigenvalue weighted by Gasteiger charge is 2.14. The number of carbonyl (C=O) groups excluding carboxylic acids is 1. The van der Waals surface area contributed by atoms with E-state index in [2.05, 4.69) is 19.2 Å². The molecule has 1 aromatic rings. The van der Waals surface area contributed by atoms with Gasteiger partial charge >= 0.3 is 0 Å². The average molecular weight is 319 g/mol. The van der Waals surface area contributed by atoms with Crippen LogP contribution in [0.25, 0.3) is 0 Å². The summed E-state index contributed by atoms with van der Waals surface area (Å²) in [7, 11) is 0. The van der Waals surface area contributed by atoms with E-state index >= 15 is 0 Å². The first-order chi connectivity index (χ1) is 8.95. The molecular weight excluding hydrogens is 295 g/mol. The van der Waals surface area contributed by atoms with Gasteiger partial charge in [0.25, 0.3) is 0 Å². The molecule has 5 heteroatoms. The molecule has 1 amide bonds. The van der Waals surface area contributed by atoms with E-state index in [-0.39, 0.29) is 18.3 Å². The molecule has 0 heterocycles. The second-order valence-corrected chi connectivity index (χ2v) is 5.50. The molecule has 0 aromatic heterocycles. The summed E-state index contributed by atoms with van der Waals surface area (Å²) in [5.41, 5.74) is 1.88. The monoisotopic (exact) mass is 318 g/mol. The molecule has 114 valence electrons. The van der Waals surface area contributed by atoms with E-state index in [0.29, 0.717) is 24.0 Å². The minimum absolute atomic E-state index is 0. The number of aryl methyl sites for hydroxylation is 1. The number of benzene rings is 1. The summed E-state index contributed by atoms with van der Waals surface area (Å²) >= 11 is 6.11. The van der Waals surface area contributed by atoms with Crippen LogP contribution in [0.1, 0.15) is 26.3 Å². The number of anilines is 1. The summed E-state index contributed by atoms with van der Waals surface area (Å²) in [4.78, 5) is 13.9. The van der Waals surface area contributed by atoms with Crippen LogP contribution >= 0.6 is 24.0 Å². The molecule has 0 atom stereocenters. The first-order valence-electron chi connectivity index (χ1n) is 6.73. The van der Waals surface area contributed by atoms with E-state index in [1.165, 1.54) is 0 Å². The van der Waals surface area contributed by atoms with E-state index in [0.717, 1.165) is 17.8 Å². The molecule has 0 bridgehead atoms. The molecule has 0 aliphatic carbocycles. The Balaban J connectivity index is 0.00000361. The lowest BCUT2D eigenvalue weighted by Gasteiger charge is -2.22. The van der Waals surface area contributed by atoms with Crippen LogP contribution in [-0.2, 0) is 4.79 Å². The van der Waals surface area contributed by atoms with Crippen molar-refractivity contribution in [2.45, 2.75) is 27.7 Å². The van der Waals surface area contributed by atoms with Crippen LogP contribution in [0.3, 0.4) is 0 Å². The number of halogens is 2. The summed E-state index contributed by atoms with van der Waals surface area (Å²) < 4.78 is 0. The smallest absolute Gasteiger partial charge is 0.240 e. The van der Waals surface area contributed by atoms with Crippen LogP contribution in [0.2, 0.25) is 5.02 Å². The molecule has 0 aliphatic heterocycles. The van der Waals surface area contributed by atoms with Gasteiger partial charge in [-0.05, 0) is 44.0 Å². The molecule has 0 saturated carbocycles. The van der Waals surface area contributed by atoms with Gasteiger partial charge in [0.05, 0.1) is 6.54 Å². The normalized spacial score (nSPS) is 10.3. The largest absolute Gasteiger partial charge is 0.312 e. The van der Waals surface area contributed by atoms with Gasteiger partial charge in [-0.2, -0.15) is 0 Å². The van der Waals surface area contributed by atoms with Crippen LogP contribution < -0.4 is 10.2 Å². The molecule has 0 unspecified atom stereocenters. The SMILES string of the molecule is CCN(C(=O)CNCC(C)C)c1ccc(C)c(Cl)c1.Cl. The topological polar surface area (TPSA) is 32.3 Å².